The molecular formula is C13H12O4. The molecule has 0 heterocycles. The Hall–Kier alpha value is -2.23. The smallest absolute Gasteiger partial charge is 0.339 e. The monoisotopic (exact) mass is 232 g/mol. The van der Waals surface area contributed by atoms with E-state index >= 15 is 0 Å². The molecule has 2 aromatic carbocycles. The predicted octanol–water partition coefficient (Wildman–Crippen LogP) is 2.51. The summed E-state index contributed by atoms with van der Waals surface area (Å²) in [5.74, 6) is -1.71. The van der Waals surface area contributed by atoms with Crippen molar-refractivity contribution >= 4 is 16.7 Å². The lowest BCUT2D eigenvalue weighted by Crippen LogP contribution is -1.97. The van der Waals surface area contributed by atoms with E-state index in [0.29, 0.717) is 10.8 Å². The number of hydrogen-bond acceptors (Lipinski definition) is 3. The maximum atomic E-state index is 10.9. The van der Waals surface area contributed by atoms with Gasteiger partial charge in [0.15, 0.2) is 0 Å². The molecule has 0 radical (unpaired) electrons. The normalized spacial score (nSPS) is 10.6. The minimum absolute atomic E-state index is 0.134. The minimum Gasteiger partial charge on any atom is -0.507 e. The van der Waals surface area contributed by atoms with E-state index in [4.69, 9.17) is 5.11 Å². The average Bonchev–Trinajstić information content (AvgIpc) is 2.32. The number of phenolic OH excluding ortho intramolecular Hbond substituents is 1. The highest BCUT2D eigenvalue weighted by Gasteiger charge is 2.16. The van der Waals surface area contributed by atoms with Crippen molar-refractivity contribution in [1.29, 1.82) is 0 Å². The van der Waals surface area contributed by atoms with E-state index in [9.17, 15) is 15.0 Å². The summed E-state index contributed by atoms with van der Waals surface area (Å²) in [6, 6.07) is 6.23. The molecule has 2 rings (SSSR count). The fourth-order valence-corrected chi connectivity index (χ4v) is 1.82. The lowest BCUT2D eigenvalue weighted by atomic mass is 10.0. The molecule has 0 aromatic heterocycles. The van der Waals surface area contributed by atoms with Crippen molar-refractivity contribution in [2.24, 2.45) is 0 Å². The number of aryl methyl sites for hydroxylation is 1. The number of carbonyl (C=O) groups is 1. The van der Waals surface area contributed by atoms with Gasteiger partial charge in [0.25, 0.3) is 0 Å². The second-order valence-electron chi connectivity index (χ2n) is 3.83. The molecule has 4 heteroatoms. The van der Waals surface area contributed by atoms with Crippen LogP contribution in [0.1, 0.15) is 22.8 Å². The maximum absolute atomic E-state index is 10.9. The van der Waals surface area contributed by atoms with Gasteiger partial charge in [0, 0.05) is 10.8 Å². The second kappa shape index (κ2) is 3.97. The Morgan fingerprint density at radius 2 is 1.88 bits per heavy atom. The molecule has 0 unspecified atom stereocenters. The first kappa shape index (κ1) is 11.3. The number of phenols is 2. The third kappa shape index (κ3) is 1.78. The average molecular weight is 232 g/mol. The van der Waals surface area contributed by atoms with Crippen LogP contribution in [-0.2, 0) is 6.42 Å². The number of carboxylic acid groups (broad SMARTS) is 1. The van der Waals surface area contributed by atoms with Gasteiger partial charge in [-0.1, -0.05) is 19.1 Å². The Morgan fingerprint density at radius 3 is 2.47 bits per heavy atom. The number of rotatable bonds is 2. The van der Waals surface area contributed by atoms with E-state index in [1.54, 1.807) is 18.2 Å². The van der Waals surface area contributed by atoms with Gasteiger partial charge in [-0.2, -0.15) is 0 Å². The van der Waals surface area contributed by atoms with Crippen LogP contribution in [0.25, 0.3) is 10.8 Å². The van der Waals surface area contributed by atoms with E-state index in [1.807, 2.05) is 6.92 Å². The molecular weight excluding hydrogens is 220 g/mol. The number of carboxylic acids is 1. The largest absolute Gasteiger partial charge is 0.507 e. The highest BCUT2D eigenvalue weighted by atomic mass is 16.4. The van der Waals surface area contributed by atoms with Crippen LogP contribution in [0.3, 0.4) is 0 Å². The summed E-state index contributed by atoms with van der Waals surface area (Å²) in [6.45, 7) is 1.98. The fourth-order valence-electron chi connectivity index (χ4n) is 1.82. The van der Waals surface area contributed by atoms with Crippen LogP contribution in [0.15, 0.2) is 24.3 Å². The number of hydrogen-bond donors (Lipinski definition) is 3. The lowest BCUT2D eigenvalue weighted by Gasteiger charge is -2.08. The molecule has 0 aliphatic rings. The van der Waals surface area contributed by atoms with Gasteiger partial charge >= 0.3 is 5.97 Å². The summed E-state index contributed by atoms with van der Waals surface area (Å²) >= 11 is 0. The van der Waals surface area contributed by atoms with Gasteiger partial charge < -0.3 is 15.3 Å². The standard InChI is InChI=1S/C13H12O4/c1-2-7-3-4-8-9(5-7)11(14)6-10(12(8)15)13(16)17/h3-6,14-15H,2H2,1H3,(H,16,17). The summed E-state index contributed by atoms with van der Waals surface area (Å²) in [4.78, 5) is 10.9. The van der Waals surface area contributed by atoms with Gasteiger partial charge in [-0.25, -0.2) is 4.79 Å². The number of aromatic carboxylic acids is 1. The third-order valence-electron chi connectivity index (χ3n) is 2.79. The van der Waals surface area contributed by atoms with Gasteiger partial charge in [0.1, 0.15) is 17.1 Å². The van der Waals surface area contributed by atoms with E-state index in [-0.39, 0.29) is 17.1 Å². The number of aromatic hydroxyl groups is 2. The molecule has 0 aliphatic heterocycles. The van der Waals surface area contributed by atoms with Crippen LogP contribution in [-0.4, -0.2) is 21.3 Å². The summed E-state index contributed by atoms with van der Waals surface area (Å²) in [7, 11) is 0. The molecule has 0 aliphatic carbocycles. The third-order valence-corrected chi connectivity index (χ3v) is 2.79. The minimum atomic E-state index is -1.26. The topological polar surface area (TPSA) is 77.8 Å². The van der Waals surface area contributed by atoms with E-state index in [1.165, 1.54) is 0 Å². The molecule has 0 atom stereocenters. The highest BCUT2D eigenvalue weighted by Crippen LogP contribution is 2.35. The zero-order valence-electron chi connectivity index (χ0n) is 9.27. The van der Waals surface area contributed by atoms with Crippen molar-refractivity contribution in [2.45, 2.75) is 13.3 Å². The zero-order valence-corrected chi connectivity index (χ0v) is 9.27. The van der Waals surface area contributed by atoms with Gasteiger partial charge in [-0.15, -0.1) is 0 Å². The van der Waals surface area contributed by atoms with Crippen LogP contribution in [0.5, 0.6) is 11.5 Å². The van der Waals surface area contributed by atoms with Crippen molar-refractivity contribution < 1.29 is 20.1 Å². The summed E-state index contributed by atoms with van der Waals surface area (Å²) in [6.07, 6.45) is 0.802. The molecule has 17 heavy (non-hydrogen) atoms. The molecule has 88 valence electrons. The van der Waals surface area contributed by atoms with Crippen molar-refractivity contribution in [1.82, 2.24) is 0 Å². The van der Waals surface area contributed by atoms with Crippen LogP contribution in [0.2, 0.25) is 0 Å². The molecule has 0 saturated heterocycles. The van der Waals surface area contributed by atoms with Crippen molar-refractivity contribution in [3.05, 3.63) is 35.4 Å². The van der Waals surface area contributed by atoms with E-state index in [0.717, 1.165) is 18.1 Å². The van der Waals surface area contributed by atoms with E-state index in [2.05, 4.69) is 0 Å². The Labute approximate surface area is 97.8 Å². The molecule has 3 N–H and O–H groups in total. The summed E-state index contributed by atoms with van der Waals surface area (Å²) in [5.41, 5.74) is 0.717. The molecule has 0 spiro atoms. The number of benzene rings is 2. The molecule has 0 amide bonds. The zero-order chi connectivity index (χ0) is 12.6. The Kier molecular flexibility index (Phi) is 2.63. The molecule has 4 nitrogen and oxygen atoms in total. The SMILES string of the molecule is CCc1ccc2c(O)c(C(=O)O)cc(O)c2c1. The van der Waals surface area contributed by atoms with Gasteiger partial charge in [0.05, 0.1) is 0 Å². The Morgan fingerprint density at radius 1 is 1.18 bits per heavy atom. The van der Waals surface area contributed by atoms with Gasteiger partial charge in [0.2, 0.25) is 0 Å². The molecule has 0 bridgehead atoms. The van der Waals surface area contributed by atoms with Crippen molar-refractivity contribution in [3.63, 3.8) is 0 Å². The number of fused-ring (bicyclic) bond motifs is 1. The van der Waals surface area contributed by atoms with Crippen LogP contribution < -0.4 is 0 Å². The van der Waals surface area contributed by atoms with E-state index < -0.39 is 5.97 Å². The van der Waals surface area contributed by atoms with Crippen LogP contribution >= 0.6 is 0 Å². The predicted molar refractivity (Wildman–Crippen MR) is 63.6 cm³/mol. The van der Waals surface area contributed by atoms with Gasteiger partial charge in [-0.05, 0) is 24.1 Å². The first-order valence-corrected chi connectivity index (χ1v) is 5.25. The van der Waals surface area contributed by atoms with Crippen LogP contribution in [0.4, 0.5) is 0 Å². The van der Waals surface area contributed by atoms with Crippen molar-refractivity contribution in [2.75, 3.05) is 0 Å². The molecule has 0 saturated carbocycles. The summed E-state index contributed by atoms with van der Waals surface area (Å²) in [5, 5.41) is 29.3. The second-order valence-corrected chi connectivity index (χ2v) is 3.83. The van der Waals surface area contributed by atoms with Gasteiger partial charge in [-0.3, -0.25) is 0 Å². The first-order valence-electron chi connectivity index (χ1n) is 5.25. The fraction of sp³-hybridized carbons (Fsp3) is 0.154. The van der Waals surface area contributed by atoms with Crippen LogP contribution in [0, 0.1) is 0 Å². The first-order chi connectivity index (χ1) is 8.04. The quantitative estimate of drug-likeness (QED) is 0.695. The van der Waals surface area contributed by atoms with Crippen molar-refractivity contribution in [3.8, 4) is 11.5 Å². The lowest BCUT2D eigenvalue weighted by molar-refractivity contribution is 0.0693. The maximum Gasteiger partial charge on any atom is 0.339 e. The summed E-state index contributed by atoms with van der Waals surface area (Å²) < 4.78 is 0. The Bertz CT molecular complexity index is 602. The Balaban J connectivity index is 2.82. The molecule has 2 aromatic rings. The molecule has 0 fully saturated rings. The highest BCUT2D eigenvalue weighted by molar-refractivity contribution is 6.03.